The molecule has 0 unspecified atom stereocenters. The molecule has 0 aliphatic heterocycles. The smallest absolute Gasteiger partial charge is 0.306 e. The van der Waals surface area contributed by atoms with Crippen molar-refractivity contribution in [1.82, 2.24) is 0 Å². The van der Waals surface area contributed by atoms with Crippen LogP contribution in [-0.4, -0.2) is 33.2 Å². The minimum Gasteiger partial charge on any atom is -0.481 e. The van der Waals surface area contributed by atoms with E-state index in [1.165, 1.54) is 0 Å². The Kier molecular flexibility index (Phi) is 26.1. The van der Waals surface area contributed by atoms with Crippen LogP contribution in [0.1, 0.15) is 119 Å². The lowest BCUT2D eigenvalue weighted by molar-refractivity contribution is -0.143. The molecule has 6 nitrogen and oxygen atoms in total. The Labute approximate surface area is 184 Å². The van der Waals surface area contributed by atoms with Gasteiger partial charge in [0.25, 0.3) is 0 Å². The fourth-order valence-electron chi connectivity index (χ4n) is 3.26. The third kappa shape index (κ3) is 21.1. The number of aliphatic carboxylic acids is 3. The molecule has 180 valence electrons. The second-order valence-electron chi connectivity index (χ2n) is 7.84. The molecule has 6 heteroatoms. The van der Waals surface area contributed by atoms with E-state index in [0.29, 0.717) is 0 Å². The maximum absolute atomic E-state index is 10.5. The van der Waals surface area contributed by atoms with Gasteiger partial charge in [-0.15, -0.1) is 0 Å². The predicted octanol–water partition coefficient (Wildman–Crippen LogP) is 6.86. The third-order valence-electron chi connectivity index (χ3n) is 4.87. The van der Waals surface area contributed by atoms with E-state index >= 15 is 0 Å². The Morgan fingerprint density at radius 2 is 0.567 bits per heavy atom. The molecule has 0 heterocycles. The quantitative estimate of drug-likeness (QED) is 0.260. The van der Waals surface area contributed by atoms with Crippen LogP contribution in [0.25, 0.3) is 0 Å². The number of carbonyl (C=O) groups is 3. The van der Waals surface area contributed by atoms with Crippen LogP contribution in [0.3, 0.4) is 0 Å². The van der Waals surface area contributed by atoms with E-state index in [0.717, 1.165) is 77.0 Å². The highest BCUT2D eigenvalue weighted by Crippen LogP contribution is 2.14. The van der Waals surface area contributed by atoms with Crippen LogP contribution in [0.5, 0.6) is 0 Å². The molecule has 0 spiro atoms. The maximum Gasteiger partial charge on any atom is 0.306 e. The van der Waals surface area contributed by atoms with Crippen LogP contribution >= 0.6 is 0 Å². The summed E-state index contributed by atoms with van der Waals surface area (Å²) in [6.07, 6.45) is 10.8. The van der Waals surface area contributed by atoms with Crippen LogP contribution in [0.4, 0.5) is 0 Å². The highest BCUT2D eigenvalue weighted by Gasteiger charge is 2.15. The minimum absolute atomic E-state index is 0.102. The number of carboxylic acids is 3. The summed E-state index contributed by atoms with van der Waals surface area (Å²) >= 11 is 0. The molecule has 0 saturated carbocycles. The number of carboxylic acid groups (broad SMARTS) is 3. The van der Waals surface area contributed by atoms with Gasteiger partial charge in [0.2, 0.25) is 0 Å². The first-order valence-electron chi connectivity index (χ1n) is 11.8. The molecular weight excluding hydrogens is 384 g/mol. The zero-order valence-corrected chi connectivity index (χ0v) is 20.3. The molecule has 0 radical (unpaired) electrons. The van der Waals surface area contributed by atoms with E-state index in [1.807, 2.05) is 41.5 Å². The largest absolute Gasteiger partial charge is 0.481 e. The molecule has 0 atom stereocenters. The van der Waals surface area contributed by atoms with Gasteiger partial charge in [-0.3, -0.25) is 14.4 Å². The van der Waals surface area contributed by atoms with Crippen molar-refractivity contribution in [3.63, 3.8) is 0 Å². The lowest BCUT2D eigenvalue weighted by atomic mass is 9.99. The van der Waals surface area contributed by atoms with Gasteiger partial charge < -0.3 is 15.3 Å². The molecule has 0 amide bonds. The summed E-state index contributed by atoms with van der Waals surface area (Å²) in [5.74, 6) is -2.21. The van der Waals surface area contributed by atoms with Crippen LogP contribution in [0.2, 0.25) is 0 Å². The Balaban J connectivity index is -0.000000364. The van der Waals surface area contributed by atoms with Gasteiger partial charge in [-0.2, -0.15) is 0 Å². The van der Waals surface area contributed by atoms with E-state index < -0.39 is 17.9 Å². The average Bonchev–Trinajstić information content (AvgIpc) is 2.68. The molecule has 0 aromatic carbocycles. The fourth-order valence-corrected chi connectivity index (χ4v) is 3.26. The molecule has 0 aromatic heterocycles. The van der Waals surface area contributed by atoms with Crippen molar-refractivity contribution in [3.05, 3.63) is 0 Å². The molecule has 0 bridgehead atoms. The number of rotatable bonds is 15. The minimum atomic E-state index is -0.635. The van der Waals surface area contributed by atoms with Crippen molar-refractivity contribution in [2.24, 2.45) is 17.8 Å². The molecule has 30 heavy (non-hydrogen) atoms. The molecule has 0 fully saturated rings. The van der Waals surface area contributed by atoms with E-state index in [9.17, 15) is 14.4 Å². The SMILES string of the molecule is CCCC(CCC)C(=O)O.CCCC(CCC)C(=O)O.CCCC(CCC)C(=O)O. The zero-order chi connectivity index (χ0) is 23.9. The normalized spacial score (nSPS) is 10.3. The Bertz CT molecular complexity index is 342. The fraction of sp³-hybridized carbons (Fsp3) is 0.875. The summed E-state index contributed by atoms with van der Waals surface area (Å²) in [7, 11) is 0. The van der Waals surface area contributed by atoms with Gasteiger partial charge >= 0.3 is 17.9 Å². The standard InChI is InChI=1S/3C8H16O2/c3*1-3-5-7(6-4-2)8(9)10/h3*7H,3-6H2,1-2H3,(H,9,10). The Morgan fingerprint density at radius 1 is 0.433 bits per heavy atom. The lowest BCUT2D eigenvalue weighted by Gasteiger charge is -2.07. The summed E-state index contributed by atoms with van der Waals surface area (Å²) in [4.78, 5) is 31.4. The monoisotopic (exact) mass is 432 g/mol. The lowest BCUT2D eigenvalue weighted by Crippen LogP contribution is -2.12. The summed E-state index contributed by atoms with van der Waals surface area (Å²) in [6, 6.07) is 0. The van der Waals surface area contributed by atoms with Crippen LogP contribution in [-0.2, 0) is 14.4 Å². The van der Waals surface area contributed by atoms with Gasteiger partial charge in [0.05, 0.1) is 17.8 Å². The van der Waals surface area contributed by atoms with Gasteiger partial charge in [0, 0.05) is 0 Å². The topological polar surface area (TPSA) is 112 Å². The van der Waals surface area contributed by atoms with E-state index in [-0.39, 0.29) is 17.8 Å². The van der Waals surface area contributed by atoms with Gasteiger partial charge in [0.15, 0.2) is 0 Å². The van der Waals surface area contributed by atoms with Crippen LogP contribution in [0, 0.1) is 17.8 Å². The molecule has 0 aliphatic carbocycles. The van der Waals surface area contributed by atoms with Gasteiger partial charge in [-0.1, -0.05) is 80.1 Å². The van der Waals surface area contributed by atoms with Crippen LogP contribution < -0.4 is 0 Å². The third-order valence-corrected chi connectivity index (χ3v) is 4.87. The van der Waals surface area contributed by atoms with E-state index in [2.05, 4.69) is 0 Å². The molecular formula is C24H48O6. The van der Waals surface area contributed by atoms with Crippen LogP contribution in [0.15, 0.2) is 0 Å². The molecule has 0 saturated heterocycles. The van der Waals surface area contributed by atoms with Gasteiger partial charge in [-0.05, 0) is 38.5 Å². The highest BCUT2D eigenvalue weighted by atomic mass is 16.4. The number of hydrogen-bond acceptors (Lipinski definition) is 3. The van der Waals surface area contributed by atoms with Crippen molar-refractivity contribution in [1.29, 1.82) is 0 Å². The molecule has 0 rings (SSSR count). The predicted molar refractivity (Wildman–Crippen MR) is 123 cm³/mol. The van der Waals surface area contributed by atoms with Crippen molar-refractivity contribution in [2.45, 2.75) is 119 Å². The summed E-state index contributed by atoms with van der Waals surface area (Å²) in [6.45, 7) is 12.1. The Hall–Kier alpha value is -1.59. The molecule has 0 aromatic rings. The maximum atomic E-state index is 10.5. The van der Waals surface area contributed by atoms with Crippen molar-refractivity contribution in [2.75, 3.05) is 0 Å². The zero-order valence-electron chi connectivity index (χ0n) is 20.3. The second-order valence-corrected chi connectivity index (χ2v) is 7.84. The van der Waals surface area contributed by atoms with E-state index in [4.69, 9.17) is 15.3 Å². The second kappa shape index (κ2) is 23.7. The van der Waals surface area contributed by atoms with Crippen molar-refractivity contribution >= 4 is 17.9 Å². The summed E-state index contributed by atoms with van der Waals surface area (Å²) in [5.41, 5.74) is 0. The molecule has 3 N–H and O–H groups in total. The first-order chi connectivity index (χ1) is 14.2. The van der Waals surface area contributed by atoms with Crippen molar-refractivity contribution in [3.8, 4) is 0 Å². The summed E-state index contributed by atoms with van der Waals surface area (Å²) < 4.78 is 0. The van der Waals surface area contributed by atoms with Crippen molar-refractivity contribution < 1.29 is 29.7 Å². The highest BCUT2D eigenvalue weighted by molar-refractivity contribution is 5.70. The van der Waals surface area contributed by atoms with E-state index in [1.54, 1.807) is 0 Å². The van der Waals surface area contributed by atoms with Gasteiger partial charge in [-0.25, -0.2) is 0 Å². The summed E-state index contributed by atoms with van der Waals surface area (Å²) in [5, 5.41) is 25.9. The molecule has 0 aliphatic rings. The Morgan fingerprint density at radius 3 is 0.633 bits per heavy atom. The first kappa shape index (κ1) is 33.1. The first-order valence-corrected chi connectivity index (χ1v) is 11.8. The number of hydrogen-bond donors (Lipinski definition) is 3. The average molecular weight is 433 g/mol. The van der Waals surface area contributed by atoms with Gasteiger partial charge in [0.1, 0.15) is 0 Å².